The van der Waals surface area contributed by atoms with Gasteiger partial charge in [-0.25, -0.2) is 4.79 Å². The van der Waals surface area contributed by atoms with E-state index in [2.05, 4.69) is 15.6 Å². The van der Waals surface area contributed by atoms with Crippen LogP contribution in [-0.2, 0) is 32.1 Å². The van der Waals surface area contributed by atoms with Gasteiger partial charge in [-0.2, -0.15) is 0 Å². The summed E-state index contributed by atoms with van der Waals surface area (Å²) in [6, 6.07) is 24.7. The highest BCUT2D eigenvalue weighted by Gasteiger charge is 2.38. The number of carbonyl (C=O) groups excluding carboxylic acids is 3. The first-order valence-electron chi connectivity index (χ1n) is 15.4. The normalized spacial score (nSPS) is 14.0. The molecule has 0 saturated heterocycles. The van der Waals surface area contributed by atoms with Gasteiger partial charge < -0.3 is 35.2 Å². The van der Waals surface area contributed by atoms with E-state index in [0.29, 0.717) is 17.8 Å². The standard InChI is InChI=1S/C36H40N4O6/c1-23(2)17-29(37)33(41)44-22-31(24-11-5-4-6-12-24)39-34(42)36(3,19-26-20-38-30-15-9-8-14-28(26)30)40-35(43)45-21-27-18-25-13-7-10-16-32(25)46-27/h4-16,18,20,23,29,31,38H,17,19,21-22,37H2,1-3H3,(H,39,42)(H,40,43). The summed E-state index contributed by atoms with van der Waals surface area (Å²) in [4.78, 5) is 43.3. The minimum atomic E-state index is -1.47. The van der Waals surface area contributed by atoms with Gasteiger partial charge in [0, 0.05) is 28.9 Å². The fraction of sp³-hybridized carbons (Fsp3) is 0.306. The maximum Gasteiger partial charge on any atom is 0.408 e. The Morgan fingerprint density at radius 3 is 2.43 bits per heavy atom. The molecule has 0 saturated carbocycles. The van der Waals surface area contributed by atoms with Crippen molar-refractivity contribution in [1.29, 1.82) is 0 Å². The highest BCUT2D eigenvalue weighted by molar-refractivity contribution is 5.92. The molecule has 10 nitrogen and oxygen atoms in total. The molecule has 10 heteroatoms. The van der Waals surface area contributed by atoms with Crippen molar-refractivity contribution in [3.63, 3.8) is 0 Å². The fourth-order valence-corrected chi connectivity index (χ4v) is 5.45. The number of alkyl carbamates (subject to hydrolysis) is 1. The van der Waals surface area contributed by atoms with Crippen LogP contribution < -0.4 is 16.4 Å². The third kappa shape index (κ3) is 7.94. The smallest absolute Gasteiger partial charge is 0.408 e. The lowest BCUT2D eigenvalue weighted by atomic mass is 9.91. The van der Waals surface area contributed by atoms with E-state index >= 15 is 0 Å². The molecule has 3 aromatic carbocycles. The first-order valence-corrected chi connectivity index (χ1v) is 15.4. The predicted molar refractivity (Wildman–Crippen MR) is 176 cm³/mol. The van der Waals surface area contributed by atoms with E-state index in [1.807, 2.05) is 98.9 Å². The van der Waals surface area contributed by atoms with Gasteiger partial charge in [-0.05, 0) is 48.6 Å². The van der Waals surface area contributed by atoms with Crippen molar-refractivity contribution in [2.75, 3.05) is 6.61 Å². The van der Waals surface area contributed by atoms with Gasteiger partial charge in [0.15, 0.2) is 6.61 Å². The third-order valence-electron chi connectivity index (χ3n) is 7.85. The Bertz CT molecular complexity index is 1760. The number of fused-ring (bicyclic) bond motifs is 2. The van der Waals surface area contributed by atoms with Crippen LogP contribution in [0, 0.1) is 5.92 Å². The largest absolute Gasteiger partial charge is 0.462 e. The van der Waals surface area contributed by atoms with Crippen molar-refractivity contribution in [2.45, 2.75) is 57.8 Å². The van der Waals surface area contributed by atoms with Crippen LogP contribution in [0.4, 0.5) is 4.79 Å². The molecule has 3 unspecified atom stereocenters. The van der Waals surface area contributed by atoms with Gasteiger partial charge in [0.05, 0.1) is 6.04 Å². The molecule has 2 amide bonds. The number of aromatic nitrogens is 1. The van der Waals surface area contributed by atoms with Crippen molar-refractivity contribution < 1.29 is 28.3 Å². The zero-order chi connectivity index (χ0) is 32.7. The Morgan fingerprint density at radius 2 is 1.67 bits per heavy atom. The van der Waals surface area contributed by atoms with E-state index in [1.54, 1.807) is 13.0 Å². The van der Waals surface area contributed by atoms with Crippen LogP contribution in [0.15, 0.2) is 95.5 Å². The summed E-state index contributed by atoms with van der Waals surface area (Å²) < 4.78 is 16.9. The predicted octanol–water partition coefficient (Wildman–Crippen LogP) is 5.92. The number of esters is 1. The molecule has 0 aliphatic carbocycles. The monoisotopic (exact) mass is 624 g/mol. The van der Waals surface area contributed by atoms with Crippen molar-refractivity contribution in [3.8, 4) is 0 Å². The van der Waals surface area contributed by atoms with Crippen LogP contribution in [0.3, 0.4) is 0 Å². The van der Waals surface area contributed by atoms with Crippen molar-refractivity contribution in [2.24, 2.45) is 11.7 Å². The lowest BCUT2D eigenvalue weighted by molar-refractivity contribution is -0.147. The zero-order valence-corrected chi connectivity index (χ0v) is 26.2. The molecule has 5 aromatic rings. The van der Waals surface area contributed by atoms with Crippen LogP contribution in [-0.4, -0.2) is 41.1 Å². The lowest BCUT2D eigenvalue weighted by Gasteiger charge is -2.31. The van der Waals surface area contributed by atoms with E-state index in [1.165, 1.54) is 0 Å². The summed E-state index contributed by atoms with van der Waals surface area (Å²) >= 11 is 0. The Labute approximate surface area is 267 Å². The van der Waals surface area contributed by atoms with E-state index in [0.717, 1.165) is 27.4 Å². The van der Waals surface area contributed by atoms with Crippen molar-refractivity contribution in [1.82, 2.24) is 15.6 Å². The van der Waals surface area contributed by atoms with Gasteiger partial charge in [-0.3, -0.25) is 9.59 Å². The number of rotatable bonds is 13. The Kier molecular flexibility index (Phi) is 10.1. The Morgan fingerprint density at radius 1 is 0.957 bits per heavy atom. The van der Waals surface area contributed by atoms with Crippen LogP contribution in [0.25, 0.3) is 21.9 Å². The first kappa shape index (κ1) is 32.3. The van der Waals surface area contributed by atoms with Gasteiger partial charge in [0.25, 0.3) is 0 Å². The van der Waals surface area contributed by atoms with Gasteiger partial charge in [0.2, 0.25) is 5.91 Å². The first-order chi connectivity index (χ1) is 22.1. The van der Waals surface area contributed by atoms with E-state index < -0.39 is 35.6 Å². The third-order valence-corrected chi connectivity index (χ3v) is 7.85. The molecule has 5 rings (SSSR count). The number of amides is 2. The molecule has 0 spiro atoms. The number of nitrogens with one attached hydrogen (secondary N) is 3. The van der Waals surface area contributed by atoms with Gasteiger partial charge >= 0.3 is 12.1 Å². The number of aromatic amines is 1. The van der Waals surface area contributed by atoms with Crippen molar-refractivity contribution >= 4 is 39.8 Å². The number of benzene rings is 3. The second kappa shape index (κ2) is 14.3. The quantitative estimate of drug-likeness (QED) is 0.119. The SMILES string of the molecule is CC(C)CC(N)C(=O)OCC(NC(=O)C(C)(Cc1c[nH]c2ccccc12)NC(=O)OCc1cc2ccccc2o1)c1ccccc1. The zero-order valence-electron chi connectivity index (χ0n) is 26.2. The number of hydrogen-bond donors (Lipinski definition) is 4. The number of ether oxygens (including phenoxy) is 2. The topological polar surface area (TPSA) is 149 Å². The van der Waals surface area contributed by atoms with Gasteiger partial charge in [0.1, 0.15) is 29.5 Å². The highest BCUT2D eigenvalue weighted by Crippen LogP contribution is 2.25. The summed E-state index contributed by atoms with van der Waals surface area (Å²) in [6.45, 7) is 5.33. The van der Waals surface area contributed by atoms with Crippen LogP contribution >= 0.6 is 0 Å². The van der Waals surface area contributed by atoms with E-state index in [4.69, 9.17) is 19.6 Å². The molecule has 2 aromatic heterocycles. The fourth-order valence-electron chi connectivity index (χ4n) is 5.45. The number of carbonyl (C=O) groups is 3. The molecule has 0 aliphatic rings. The van der Waals surface area contributed by atoms with Crippen LogP contribution in [0.5, 0.6) is 0 Å². The number of para-hydroxylation sites is 2. The summed E-state index contributed by atoms with van der Waals surface area (Å²) in [5.74, 6) is -0.344. The minimum absolute atomic E-state index is 0.121. The molecule has 0 fully saturated rings. The number of nitrogens with two attached hydrogens (primary N) is 1. The average Bonchev–Trinajstić information content (AvgIpc) is 3.65. The molecule has 5 N–H and O–H groups in total. The lowest BCUT2D eigenvalue weighted by Crippen LogP contribution is -2.59. The molecule has 0 bridgehead atoms. The summed E-state index contributed by atoms with van der Waals surface area (Å²) in [6.07, 6.45) is 1.65. The molecular weight excluding hydrogens is 584 g/mol. The molecular formula is C36H40N4O6. The molecule has 0 radical (unpaired) electrons. The Balaban J connectivity index is 1.36. The average molecular weight is 625 g/mol. The van der Waals surface area contributed by atoms with Crippen molar-refractivity contribution in [3.05, 3.63) is 108 Å². The summed E-state index contributed by atoms with van der Waals surface area (Å²) in [5, 5.41) is 7.63. The Hall–Kier alpha value is -5.09. The second-order valence-corrected chi connectivity index (χ2v) is 12.1. The van der Waals surface area contributed by atoms with Gasteiger partial charge in [-0.1, -0.05) is 80.6 Å². The van der Waals surface area contributed by atoms with Gasteiger partial charge in [-0.15, -0.1) is 0 Å². The van der Waals surface area contributed by atoms with Crippen LogP contribution in [0.1, 0.15) is 50.1 Å². The minimum Gasteiger partial charge on any atom is -0.462 e. The van der Waals surface area contributed by atoms with Crippen LogP contribution in [0.2, 0.25) is 0 Å². The molecule has 0 aliphatic heterocycles. The summed E-state index contributed by atoms with van der Waals surface area (Å²) in [7, 11) is 0. The maximum absolute atomic E-state index is 14.2. The highest BCUT2D eigenvalue weighted by atomic mass is 16.6. The second-order valence-electron chi connectivity index (χ2n) is 12.1. The number of H-pyrrole nitrogens is 1. The maximum atomic E-state index is 14.2. The molecule has 240 valence electrons. The van der Waals surface area contributed by atoms with E-state index in [9.17, 15) is 14.4 Å². The summed E-state index contributed by atoms with van der Waals surface area (Å²) in [5.41, 5.74) is 7.72. The van der Waals surface area contributed by atoms with E-state index in [-0.39, 0.29) is 25.6 Å². The number of furan rings is 1. The molecule has 3 atom stereocenters. The molecule has 2 heterocycles. The molecule has 46 heavy (non-hydrogen) atoms. The number of hydrogen-bond acceptors (Lipinski definition) is 7.